The molecule has 11 heteroatoms. The van der Waals surface area contributed by atoms with Crippen LogP contribution in [0.3, 0.4) is 0 Å². The van der Waals surface area contributed by atoms with E-state index >= 15 is 0 Å². The van der Waals surface area contributed by atoms with E-state index in [-0.39, 0.29) is 23.2 Å². The van der Waals surface area contributed by atoms with E-state index in [1.165, 1.54) is 29.4 Å². The van der Waals surface area contributed by atoms with Gasteiger partial charge in [0.25, 0.3) is 5.56 Å². The molecule has 2 N–H and O–H groups in total. The van der Waals surface area contributed by atoms with Crippen LogP contribution in [0.15, 0.2) is 52.0 Å². The van der Waals surface area contributed by atoms with Crippen molar-refractivity contribution in [3.63, 3.8) is 0 Å². The van der Waals surface area contributed by atoms with Gasteiger partial charge in [-0.15, -0.1) is 11.3 Å². The summed E-state index contributed by atoms with van der Waals surface area (Å²) in [4.78, 5) is 33.6. The van der Waals surface area contributed by atoms with Crippen molar-refractivity contribution in [1.82, 2.24) is 24.7 Å². The Labute approximate surface area is 173 Å². The summed E-state index contributed by atoms with van der Waals surface area (Å²) < 4.78 is 7.36. The number of ether oxygens (including phenoxy) is 1. The largest absolute Gasteiger partial charge is 0.497 e. The third kappa shape index (κ3) is 4.30. The lowest BCUT2D eigenvalue weighted by atomic mass is 10.2. The molecular weight excluding hydrogens is 412 g/mol. The highest BCUT2D eigenvalue weighted by atomic mass is 32.2. The molecule has 9 nitrogen and oxygen atoms in total. The van der Waals surface area contributed by atoms with Gasteiger partial charge in [0.15, 0.2) is 5.16 Å². The minimum absolute atomic E-state index is 0.0748. The number of H-pyrrole nitrogens is 1. The quantitative estimate of drug-likeness (QED) is 0.343. The lowest BCUT2D eigenvalue weighted by molar-refractivity contribution is -0.113. The van der Waals surface area contributed by atoms with Crippen LogP contribution < -0.4 is 15.6 Å². The van der Waals surface area contributed by atoms with Gasteiger partial charge in [0.1, 0.15) is 16.8 Å². The van der Waals surface area contributed by atoms with Gasteiger partial charge in [0, 0.05) is 0 Å². The fourth-order valence-corrected chi connectivity index (χ4v) is 4.23. The summed E-state index contributed by atoms with van der Waals surface area (Å²) in [5.41, 5.74) is 1.43. The van der Waals surface area contributed by atoms with Crippen LogP contribution >= 0.6 is 23.1 Å². The van der Waals surface area contributed by atoms with Gasteiger partial charge in [-0.3, -0.25) is 19.5 Å². The molecule has 0 spiro atoms. The number of carbonyl (C=O) groups is 1. The summed E-state index contributed by atoms with van der Waals surface area (Å²) >= 11 is 2.55. The van der Waals surface area contributed by atoms with Crippen LogP contribution in [-0.4, -0.2) is 43.5 Å². The Morgan fingerprint density at radius 3 is 2.86 bits per heavy atom. The Hall–Kier alpha value is -3.18. The first-order valence-corrected chi connectivity index (χ1v) is 10.4. The SMILES string of the molecule is COc1ccc(Cn2c(SCC(=O)Nc3ncn[nH]3)nc3ccsc3c2=O)cc1. The van der Waals surface area contributed by atoms with Gasteiger partial charge in [-0.05, 0) is 29.1 Å². The molecule has 29 heavy (non-hydrogen) atoms. The van der Waals surface area contributed by atoms with E-state index in [2.05, 4.69) is 25.5 Å². The molecule has 0 aliphatic carbocycles. The van der Waals surface area contributed by atoms with Crippen molar-refractivity contribution in [2.75, 3.05) is 18.2 Å². The van der Waals surface area contributed by atoms with Gasteiger partial charge in [0.05, 0.1) is 24.9 Å². The number of anilines is 1. The van der Waals surface area contributed by atoms with Crippen molar-refractivity contribution >= 4 is 45.2 Å². The number of fused-ring (bicyclic) bond motifs is 1. The molecule has 4 rings (SSSR count). The summed E-state index contributed by atoms with van der Waals surface area (Å²) in [6.07, 6.45) is 1.31. The van der Waals surface area contributed by atoms with Crippen LogP contribution in [0.2, 0.25) is 0 Å². The molecule has 1 aromatic carbocycles. The molecule has 0 fully saturated rings. The zero-order chi connectivity index (χ0) is 20.2. The molecule has 0 aliphatic heterocycles. The van der Waals surface area contributed by atoms with Gasteiger partial charge in [0.2, 0.25) is 11.9 Å². The zero-order valence-electron chi connectivity index (χ0n) is 15.3. The second-order valence-electron chi connectivity index (χ2n) is 5.94. The number of hydrogen-bond donors (Lipinski definition) is 2. The van der Waals surface area contributed by atoms with Crippen LogP contribution in [-0.2, 0) is 11.3 Å². The van der Waals surface area contributed by atoms with Crippen LogP contribution in [0.5, 0.6) is 5.75 Å². The number of carbonyl (C=O) groups excluding carboxylic acids is 1. The average molecular weight is 428 g/mol. The normalized spacial score (nSPS) is 10.9. The van der Waals surface area contributed by atoms with Gasteiger partial charge in [-0.2, -0.15) is 10.1 Å². The molecule has 4 aromatic rings. The molecule has 3 heterocycles. The number of amides is 1. The van der Waals surface area contributed by atoms with Crippen LogP contribution in [0.1, 0.15) is 5.56 Å². The number of aromatic nitrogens is 5. The summed E-state index contributed by atoms with van der Waals surface area (Å²) in [5, 5.41) is 11.2. The Morgan fingerprint density at radius 2 is 2.14 bits per heavy atom. The van der Waals surface area contributed by atoms with E-state index in [1.807, 2.05) is 29.6 Å². The third-order valence-corrected chi connectivity index (χ3v) is 5.90. The number of nitrogens with zero attached hydrogens (tertiary/aromatic N) is 4. The van der Waals surface area contributed by atoms with Crippen LogP contribution in [0.4, 0.5) is 5.95 Å². The minimum atomic E-state index is -0.276. The summed E-state index contributed by atoms with van der Waals surface area (Å²) in [6, 6.07) is 9.28. The van der Waals surface area contributed by atoms with E-state index in [1.54, 1.807) is 17.7 Å². The highest BCUT2D eigenvalue weighted by molar-refractivity contribution is 7.99. The zero-order valence-corrected chi connectivity index (χ0v) is 16.9. The third-order valence-electron chi connectivity index (χ3n) is 4.04. The molecule has 0 saturated heterocycles. The Bertz CT molecular complexity index is 1180. The van der Waals surface area contributed by atoms with Crippen molar-refractivity contribution in [3.05, 3.63) is 58.0 Å². The van der Waals surface area contributed by atoms with Crippen LogP contribution in [0, 0.1) is 0 Å². The van der Waals surface area contributed by atoms with E-state index in [9.17, 15) is 9.59 Å². The van der Waals surface area contributed by atoms with Crippen molar-refractivity contribution in [2.45, 2.75) is 11.7 Å². The van der Waals surface area contributed by atoms with Gasteiger partial charge >= 0.3 is 0 Å². The van der Waals surface area contributed by atoms with Crippen molar-refractivity contribution in [1.29, 1.82) is 0 Å². The molecular formula is C18H16N6O3S2. The van der Waals surface area contributed by atoms with E-state index < -0.39 is 0 Å². The highest BCUT2D eigenvalue weighted by Gasteiger charge is 2.15. The van der Waals surface area contributed by atoms with Crippen molar-refractivity contribution in [2.24, 2.45) is 0 Å². The van der Waals surface area contributed by atoms with Crippen molar-refractivity contribution in [3.8, 4) is 5.75 Å². The number of thioether (sulfide) groups is 1. The second-order valence-corrected chi connectivity index (χ2v) is 7.80. The molecule has 0 bridgehead atoms. The number of thiophene rings is 1. The number of nitrogens with one attached hydrogen (secondary N) is 2. The minimum Gasteiger partial charge on any atom is -0.497 e. The predicted molar refractivity (Wildman–Crippen MR) is 112 cm³/mol. The van der Waals surface area contributed by atoms with Gasteiger partial charge in [-0.1, -0.05) is 23.9 Å². The number of methoxy groups -OCH3 is 1. The summed E-state index contributed by atoms with van der Waals surface area (Å²) in [5.74, 6) is 0.812. The molecule has 0 atom stereocenters. The summed E-state index contributed by atoms with van der Waals surface area (Å²) in [7, 11) is 1.60. The van der Waals surface area contributed by atoms with Crippen molar-refractivity contribution < 1.29 is 9.53 Å². The first-order chi connectivity index (χ1) is 14.1. The standard InChI is InChI=1S/C18H16N6O3S2/c1-27-12-4-2-11(3-5-12)8-24-16(26)15-13(6-7-28-15)21-18(24)29-9-14(25)22-17-19-10-20-23-17/h2-7,10H,8-9H2,1H3,(H2,19,20,22,23,25). The smallest absolute Gasteiger partial charge is 0.272 e. The highest BCUT2D eigenvalue weighted by Crippen LogP contribution is 2.22. The summed E-state index contributed by atoms with van der Waals surface area (Å²) in [6.45, 7) is 0.343. The Balaban J connectivity index is 1.60. The van der Waals surface area contributed by atoms with Crippen LogP contribution in [0.25, 0.3) is 10.2 Å². The van der Waals surface area contributed by atoms with Gasteiger partial charge in [-0.25, -0.2) is 10.1 Å². The van der Waals surface area contributed by atoms with Gasteiger partial charge < -0.3 is 4.74 Å². The molecule has 1 amide bonds. The first kappa shape index (κ1) is 19.2. The fourth-order valence-electron chi connectivity index (χ4n) is 2.65. The predicted octanol–water partition coefficient (Wildman–Crippen LogP) is 2.36. The van der Waals surface area contributed by atoms with E-state index in [4.69, 9.17) is 4.74 Å². The Kier molecular flexibility index (Phi) is 5.58. The van der Waals surface area contributed by atoms with E-state index in [0.29, 0.717) is 21.9 Å². The monoisotopic (exact) mass is 428 g/mol. The second kappa shape index (κ2) is 8.45. The fraction of sp³-hybridized carbons (Fsp3) is 0.167. The van der Waals surface area contributed by atoms with E-state index in [0.717, 1.165) is 11.3 Å². The lowest BCUT2D eigenvalue weighted by Gasteiger charge is -2.12. The molecule has 148 valence electrons. The molecule has 0 saturated carbocycles. The Morgan fingerprint density at radius 1 is 1.31 bits per heavy atom. The molecule has 3 aromatic heterocycles. The maximum absolute atomic E-state index is 13.0. The molecule has 0 radical (unpaired) electrons. The topological polar surface area (TPSA) is 115 Å². The molecule has 0 unspecified atom stereocenters. The number of rotatable bonds is 7. The first-order valence-electron chi connectivity index (χ1n) is 8.53. The maximum atomic E-state index is 13.0. The average Bonchev–Trinajstić information content (AvgIpc) is 3.41. The number of benzene rings is 1. The number of hydrogen-bond acceptors (Lipinski definition) is 8. The molecule has 0 aliphatic rings. The lowest BCUT2D eigenvalue weighted by Crippen LogP contribution is -2.24. The number of aromatic amines is 1. The maximum Gasteiger partial charge on any atom is 0.272 e.